The zero-order chi connectivity index (χ0) is 15.0. The number of phenols is 2. The minimum absolute atomic E-state index is 0.104. The van der Waals surface area contributed by atoms with Gasteiger partial charge in [-0.3, -0.25) is 0 Å². The molecule has 0 amide bonds. The number of hydrogen-bond acceptors (Lipinski definition) is 4. The Bertz CT molecular complexity index is 737. The van der Waals surface area contributed by atoms with Crippen LogP contribution in [0.15, 0.2) is 48.3 Å². The maximum atomic E-state index is 14.5. The van der Waals surface area contributed by atoms with E-state index in [1.54, 1.807) is 30.3 Å². The Hall–Kier alpha value is -2.82. The smallest absolute Gasteiger partial charge is 0.201 e. The largest absolute Gasteiger partial charge is 0.504 e. The molecule has 21 heavy (non-hydrogen) atoms. The Balaban J connectivity index is 2.20. The fraction of sp³-hybridized carbons (Fsp3) is 0.0625. The number of hydrogen-bond donors (Lipinski definition) is 2. The van der Waals surface area contributed by atoms with Crippen molar-refractivity contribution in [3.63, 3.8) is 0 Å². The summed E-state index contributed by atoms with van der Waals surface area (Å²) in [6.45, 7) is 0. The second-order valence-electron chi connectivity index (χ2n) is 4.61. The summed E-state index contributed by atoms with van der Waals surface area (Å²) in [5.41, 5.74) is 0.618. The van der Waals surface area contributed by atoms with Crippen LogP contribution in [0, 0.1) is 0 Å². The van der Waals surface area contributed by atoms with Crippen molar-refractivity contribution in [2.24, 2.45) is 0 Å². The van der Waals surface area contributed by atoms with Gasteiger partial charge in [0.15, 0.2) is 23.1 Å². The number of carbonyl (C=O) groups excluding carboxylic acids is 1. The summed E-state index contributed by atoms with van der Waals surface area (Å²) in [6.07, 6.45) is 0.441. The maximum Gasteiger partial charge on any atom is 0.201 e. The summed E-state index contributed by atoms with van der Waals surface area (Å²) in [5.74, 6) is -3.05. The van der Waals surface area contributed by atoms with Gasteiger partial charge in [-0.05, 0) is 6.07 Å². The van der Waals surface area contributed by atoms with Gasteiger partial charge in [0.1, 0.15) is 6.29 Å². The van der Waals surface area contributed by atoms with Crippen LogP contribution in [0.3, 0.4) is 0 Å². The minimum Gasteiger partial charge on any atom is -0.504 e. The average molecular weight is 286 g/mol. The van der Waals surface area contributed by atoms with Crippen LogP contribution < -0.4 is 4.74 Å². The molecule has 2 aromatic rings. The lowest BCUT2D eigenvalue weighted by molar-refractivity contribution is -0.108. The Labute approximate surface area is 119 Å². The number of phenolic OH excluding ortho intramolecular Hbond substituents is 2. The van der Waals surface area contributed by atoms with Gasteiger partial charge in [-0.1, -0.05) is 36.4 Å². The Morgan fingerprint density at radius 1 is 1.10 bits per heavy atom. The number of aldehydes is 1. The Kier molecular flexibility index (Phi) is 3.10. The van der Waals surface area contributed by atoms with Gasteiger partial charge in [0.25, 0.3) is 0 Å². The number of halogens is 1. The zero-order valence-corrected chi connectivity index (χ0v) is 10.8. The van der Waals surface area contributed by atoms with Crippen LogP contribution in [0.5, 0.6) is 17.2 Å². The second kappa shape index (κ2) is 4.94. The normalized spacial score (nSPS) is 17.1. The van der Waals surface area contributed by atoms with Gasteiger partial charge >= 0.3 is 0 Å². The predicted molar refractivity (Wildman–Crippen MR) is 73.7 cm³/mol. The summed E-state index contributed by atoms with van der Waals surface area (Å²) in [6, 6.07) is 11.0. The van der Waals surface area contributed by atoms with Gasteiger partial charge < -0.3 is 19.7 Å². The SMILES string of the molecule is O=CC1C(F)=C(c2ccccc2)Oc2c1ccc(O)c2O. The lowest BCUT2D eigenvalue weighted by Gasteiger charge is -2.24. The van der Waals surface area contributed by atoms with Gasteiger partial charge in [0.05, 0.1) is 5.92 Å². The number of carbonyl (C=O) groups is 1. The van der Waals surface area contributed by atoms with E-state index < -0.39 is 23.2 Å². The molecule has 2 aromatic carbocycles. The van der Waals surface area contributed by atoms with Crippen molar-refractivity contribution in [1.82, 2.24) is 0 Å². The van der Waals surface area contributed by atoms with Crippen molar-refractivity contribution in [3.8, 4) is 17.2 Å². The second-order valence-corrected chi connectivity index (χ2v) is 4.61. The van der Waals surface area contributed by atoms with E-state index in [4.69, 9.17) is 4.74 Å². The first-order valence-corrected chi connectivity index (χ1v) is 6.26. The number of allylic oxidation sites excluding steroid dienone is 1. The molecule has 1 atom stereocenters. The van der Waals surface area contributed by atoms with E-state index in [9.17, 15) is 19.4 Å². The fourth-order valence-corrected chi connectivity index (χ4v) is 2.28. The Morgan fingerprint density at radius 2 is 1.81 bits per heavy atom. The van der Waals surface area contributed by atoms with Gasteiger partial charge in [-0.2, -0.15) is 0 Å². The van der Waals surface area contributed by atoms with Gasteiger partial charge in [0.2, 0.25) is 5.75 Å². The lowest BCUT2D eigenvalue weighted by Crippen LogP contribution is -2.14. The molecule has 0 saturated carbocycles. The van der Waals surface area contributed by atoms with Crippen LogP contribution >= 0.6 is 0 Å². The molecule has 0 radical (unpaired) electrons. The molecule has 3 rings (SSSR count). The van der Waals surface area contributed by atoms with Crippen molar-refractivity contribution in [3.05, 3.63) is 59.4 Å². The third-order valence-electron chi connectivity index (χ3n) is 3.34. The average Bonchev–Trinajstić information content (AvgIpc) is 2.51. The molecule has 106 valence electrons. The van der Waals surface area contributed by atoms with E-state index in [0.717, 1.165) is 0 Å². The quantitative estimate of drug-likeness (QED) is 0.657. The van der Waals surface area contributed by atoms with Gasteiger partial charge in [0, 0.05) is 11.1 Å². The first kappa shape index (κ1) is 13.2. The molecule has 0 saturated heterocycles. The van der Waals surface area contributed by atoms with Crippen LogP contribution in [0.4, 0.5) is 4.39 Å². The molecule has 0 bridgehead atoms. The molecule has 0 fully saturated rings. The molecular weight excluding hydrogens is 275 g/mol. The summed E-state index contributed by atoms with van der Waals surface area (Å²) < 4.78 is 19.9. The third kappa shape index (κ3) is 2.03. The molecule has 5 heteroatoms. The predicted octanol–water partition coefficient (Wildman–Crippen LogP) is 3.11. The van der Waals surface area contributed by atoms with Crippen LogP contribution in [0.2, 0.25) is 0 Å². The first-order chi connectivity index (χ1) is 10.1. The van der Waals surface area contributed by atoms with Crippen molar-refractivity contribution in [2.75, 3.05) is 0 Å². The fourth-order valence-electron chi connectivity index (χ4n) is 2.28. The number of benzene rings is 2. The first-order valence-electron chi connectivity index (χ1n) is 6.26. The number of aromatic hydroxyl groups is 2. The highest BCUT2D eigenvalue weighted by Gasteiger charge is 2.33. The summed E-state index contributed by atoms with van der Waals surface area (Å²) in [5, 5.41) is 19.4. The highest BCUT2D eigenvalue weighted by atomic mass is 19.1. The van der Waals surface area contributed by atoms with E-state index >= 15 is 0 Å². The molecule has 1 unspecified atom stereocenters. The maximum absolute atomic E-state index is 14.5. The highest BCUT2D eigenvalue weighted by molar-refractivity contribution is 5.80. The highest BCUT2D eigenvalue weighted by Crippen LogP contribution is 2.49. The monoisotopic (exact) mass is 286 g/mol. The number of rotatable bonds is 2. The van der Waals surface area contributed by atoms with Crippen molar-refractivity contribution < 1.29 is 24.1 Å². The van der Waals surface area contributed by atoms with Crippen molar-refractivity contribution >= 4 is 12.0 Å². The summed E-state index contributed by atoms with van der Waals surface area (Å²) >= 11 is 0. The van der Waals surface area contributed by atoms with Crippen LogP contribution in [0.25, 0.3) is 5.76 Å². The molecular formula is C16H11FO4. The number of fused-ring (bicyclic) bond motifs is 1. The van der Waals surface area contributed by atoms with Crippen LogP contribution in [-0.4, -0.2) is 16.5 Å². The minimum atomic E-state index is -1.17. The molecule has 1 aliphatic rings. The van der Waals surface area contributed by atoms with E-state index in [1.807, 2.05) is 0 Å². The Morgan fingerprint density at radius 3 is 2.48 bits per heavy atom. The summed E-state index contributed by atoms with van der Waals surface area (Å²) in [7, 11) is 0. The van der Waals surface area contributed by atoms with Crippen molar-refractivity contribution in [2.45, 2.75) is 5.92 Å². The topological polar surface area (TPSA) is 66.8 Å². The van der Waals surface area contributed by atoms with Crippen molar-refractivity contribution in [1.29, 1.82) is 0 Å². The summed E-state index contributed by atoms with van der Waals surface area (Å²) in [4.78, 5) is 11.2. The molecule has 1 aliphatic heterocycles. The van der Waals surface area contributed by atoms with Gasteiger partial charge in [-0.15, -0.1) is 0 Å². The molecule has 0 aromatic heterocycles. The van der Waals surface area contributed by atoms with Crippen LogP contribution in [-0.2, 0) is 4.79 Å². The van der Waals surface area contributed by atoms with E-state index in [-0.39, 0.29) is 17.1 Å². The number of ether oxygens (including phenoxy) is 1. The standard InChI is InChI=1S/C16H11FO4/c17-13-11(8-18)10-6-7-12(19)14(20)16(10)21-15(13)9-4-2-1-3-5-9/h1-8,11,19-20H. The van der Waals surface area contributed by atoms with Gasteiger partial charge in [-0.25, -0.2) is 4.39 Å². The molecule has 4 nitrogen and oxygen atoms in total. The molecule has 0 spiro atoms. The van der Waals surface area contributed by atoms with E-state index in [1.165, 1.54) is 12.1 Å². The molecule has 2 N–H and O–H groups in total. The molecule has 0 aliphatic carbocycles. The van der Waals surface area contributed by atoms with Crippen LogP contribution in [0.1, 0.15) is 17.0 Å². The van der Waals surface area contributed by atoms with E-state index in [2.05, 4.69) is 0 Å². The third-order valence-corrected chi connectivity index (χ3v) is 3.34. The molecule has 1 heterocycles. The lowest BCUT2D eigenvalue weighted by atomic mass is 9.93. The zero-order valence-electron chi connectivity index (χ0n) is 10.8. The van der Waals surface area contributed by atoms with E-state index in [0.29, 0.717) is 11.8 Å².